The molecule has 0 aromatic carbocycles. The van der Waals surface area contributed by atoms with Crippen molar-refractivity contribution in [1.29, 1.82) is 0 Å². The monoisotopic (exact) mass is 263 g/mol. The maximum atomic E-state index is 4.35. The lowest BCUT2D eigenvalue weighted by Crippen LogP contribution is -2.08. The number of rotatable bonds is 6. The molecule has 0 radical (unpaired) electrons. The summed E-state index contributed by atoms with van der Waals surface area (Å²) in [5.74, 6) is 3.16. The highest BCUT2D eigenvalue weighted by Gasteiger charge is 2.01. The molecule has 0 bridgehead atoms. The molecular weight excluding hydrogens is 246 g/mol. The minimum absolute atomic E-state index is 0.718. The fraction of sp³-hybridized carbons (Fsp3) is 0.333. The van der Waals surface area contributed by atoms with E-state index in [1.807, 2.05) is 31.3 Å². The fourth-order valence-corrected chi connectivity index (χ4v) is 1.71. The molecule has 2 heterocycles. The summed E-state index contributed by atoms with van der Waals surface area (Å²) in [6, 6.07) is 5.91. The normalized spacial score (nSPS) is 10.3. The van der Waals surface area contributed by atoms with Crippen LogP contribution in [0.3, 0.4) is 0 Å². The van der Waals surface area contributed by atoms with Crippen LogP contribution in [0.2, 0.25) is 0 Å². The number of H-pyrrole nitrogens is 1. The van der Waals surface area contributed by atoms with Crippen LogP contribution in [-0.2, 0) is 6.54 Å². The zero-order valence-corrected chi connectivity index (χ0v) is 11.2. The predicted molar refractivity (Wildman–Crippen MR) is 77.2 cm³/mol. The van der Waals surface area contributed by atoms with Crippen molar-refractivity contribution in [3.05, 3.63) is 35.9 Å². The number of thiol groups is 1. The van der Waals surface area contributed by atoms with Crippen molar-refractivity contribution in [3.8, 4) is 0 Å². The van der Waals surface area contributed by atoms with Gasteiger partial charge in [0.2, 0.25) is 0 Å². The first-order valence-electron chi connectivity index (χ1n) is 5.84. The van der Waals surface area contributed by atoms with Gasteiger partial charge in [-0.05, 0) is 19.1 Å². The summed E-state index contributed by atoms with van der Waals surface area (Å²) in [6.45, 7) is 3.39. The molecule has 0 spiro atoms. The van der Waals surface area contributed by atoms with Crippen LogP contribution in [0.25, 0.3) is 0 Å². The summed E-state index contributed by atoms with van der Waals surface area (Å²) in [5, 5.41) is 6.46. The number of hydrogen-bond donors (Lipinski definition) is 4. The second kappa shape index (κ2) is 6.30. The third kappa shape index (κ3) is 3.66. The Bertz CT molecular complexity index is 483. The van der Waals surface area contributed by atoms with Gasteiger partial charge in [0, 0.05) is 30.3 Å². The van der Waals surface area contributed by atoms with Crippen LogP contribution in [0.1, 0.15) is 11.5 Å². The molecule has 0 atom stereocenters. The van der Waals surface area contributed by atoms with Crippen LogP contribution in [0.15, 0.2) is 24.4 Å². The Morgan fingerprint density at radius 3 is 2.72 bits per heavy atom. The second-order valence-corrected chi connectivity index (χ2v) is 4.33. The minimum atomic E-state index is 0.718. The first-order chi connectivity index (χ1) is 8.78. The number of aromatic amines is 1. The van der Waals surface area contributed by atoms with Crippen LogP contribution in [0.4, 0.5) is 11.6 Å². The van der Waals surface area contributed by atoms with Gasteiger partial charge in [-0.15, -0.1) is 0 Å². The Morgan fingerprint density at radius 2 is 2.06 bits per heavy atom. The van der Waals surface area contributed by atoms with Crippen molar-refractivity contribution < 1.29 is 0 Å². The molecule has 0 aliphatic heterocycles. The third-order valence-electron chi connectivity index (χ3n) is 2.38. The van der Waals surface area contributed by atoms with E-state index in [9.17, 15) is 0 Å². The molecule has 5 nitrogen and oxygen atoms in total. The molecule has 2 rings (SSSR count). The first kappa shape index (κ1) is 12.8. The molecule has 0 unspecified atom stereocenters. The van der Waals surface area contributed by atoms with Crippen LogP contribution in [-0.4, -0.2) is 27.2 Å². The van der Waals surface area contributed by atoms with E-state index >= 15 is 0 Å². The van der Waals surface area contributed by atoms with E-state index in [-0.39, 0.29) is 0 Å². The molecule has 2 aromatic heterocycles. The molecule has 0 fully saturated rings. The van der Waals surface area contributed by atoms with Gasteiger partial charge in [0.1, 0.15) is 17.5 Å². The van der Waals surface area contributed by atoms with Crippen LogP contribution < -0.4 is 10.6 Å². The number of hydrogen-bond acceptors (Lipinski definition) is 5. The Labute approximate surface area is 112 Å². The molecule has 96 valence electrons. The summed E-state index contributed by atoms with van der Waals surface area (Å²) in [4.78, 5) is 11.8. The average Bonchev–Trinajstić information content (AvgIpc) is 2.86. The largest absolute Gasteiger partial charge is 0.369 e. The lowest BCUT2D eigenvalue weighted by Gasteiger charge is -2.09. The highest BCUT2D eigenvalue weighted by atomic mass is 32.1. The van der Waals surface area contributed by atoms with E-state index in [0.717, 1.165) is 42.0 Å². The summed E-state index contributed by atoms with van der Waals surface area (Å²) in [5.41, 5.74) is 1.12. The van der Waals surface area contributed by atoms with Gasteiger partial charge in [-0.1, -0.05) is 0 Å². The predicted octanol–water partition coefficient (Wildman–Crippen LogP) is 2.07. The fourth-order valence-electron chi connectivity index (χ4n) is 1.60. The second-order valence-electron chi connectivity index (χ2n) is 3.88. The summed E-state index contributed by atoms with van der Waals surface area (Å²) >= 11 is 4.16. The van der Waals surface area contributed by atoms with E-state index in [0.29, 0.717) is 0 Å². The van der Waals surface area contributed by atoms with E-state index in [2.05, 4.69) is 38.2 Å². The Hall–Kier alpha value is -1.69. The van der Waals surface area contributed by atoms with Gasteiger partial charge >= 0.3 is 0 Å². The van der Waals surface area contributed by atoms with Crippen molar-refractivity contribution >= 4 is 24.3 Å². The number of aromatic nitrogens is 3. The van der Waals surface area contributed by atoms with Crippen LogP contribution >= 0.6 is 12.6 Å². The molecule has 0 saturated carbocycles. The van der Waals surface area contributed by atoms with Gasteiger partial charge in [0.15, 0.2) is 0 Å². The summed E-state index contributed by atoms with van der Waals surface area (Å²) in [6.07, 6.45) is 1.90. The van der Waals surface area contributed by atoms with Gasteiger partial charge in [0.05, 0.1) is 6.54 Å². The van der Waals surface area contributed by atoms with Gasteiger partial charge in [0.25, 0.3) is 0 Å². The number of nitrogens with one attached hydrogen (secondary N) is 3. The van der Waals surface area contributed by atoms with E-state index < -0.39 is 0 Å². The summed E-state index contributed by atoms with van der Waals surface area (Å²) < 4.78 is 0. The summed E-state index contributed by atoms with van der Waals surface area (Å²) in [7, 11) is 0. The molecule has 0 aliphatic rings. The van der Waals surface area contributed by atoms with E-state index in [4.69, 9.17) is 0 Å². The van der Waals surface area contributed by atoms with E-state index in [1.54, 1.807) is 0 Å². The topological polar surface area (TPSA) is 65.6 Å². The van der Waals surface area contributed by atoms with Crippen molar-refractivity contribution in [1.82, 2.24) is 15.0 Å². The lowest BCUT2D eigenvalue weighted by molar-refractivity contribution is 0.999. The number of anilines is 2. The minimum Gasteiger partial charge on any atom is -0.369 e. The first-order valence-corrected chi connectivity index (χ1v) is 6.48. The lowest BCUT2D eigenvalue weighted by atomic mass is 10.4. The highest BCUT2D eigenvalue weighted by Crippen LogP contribution is 2.11. The molecule has 0 amide bonds. The third-order valence-corrected chi connectivity index (χ3v) is 2.60. The Kier molecular flexibility index (Phi) is 4.46. The zero-order valence-electron chi connectivity index (χ0n) is 10.3. The van der Waals surface area contributed by atoms with Gasteiger partial charge < -0.3 is 15.6 Å². The Balaban J connectivity index is 2.00. The average molecular weight is 263 g/mol. The van der Waals surface area contributed by atoms with Crippen LogP contribution in [0.5, 0.6) is 0 Å². The molecule has 2 aromatic rings. The maximum Gasteiger partial charge on any atom is 0.132 e. The van der Waals surface area contributed by atoms with Crippen molar-refractivity contribution in [2.45, 2.75) is 13.5 Å². The molecular formula is C12H17N5S. The molecule has 3 N–H and O–H groups in total. The van der Waals surface area contributed by atoms with Crippen molar-refractivity contribution in [2.24, 2.45) is 0 Å². The molecule has 0 saturated heterocycles. The SMILES string of the molecule is Cc1nc(NCCS)cc(NCc2ccc[nH]2)n1. The van der Waals surface area contributed by atoms with Gasteiger partial charge in [-0.3, -0.25) is 0 Å². The highest BCUT2D eigenvalue weighted by molar-refractivity contribution is 7.80. The Morgan fingerprint density at radius 1 is 1.28 bits per heavy atom. The quantitative estimate of drug-likeness (QED) is 0.602. The van der Waals surface area contributed by atoms with Gasteiger partial charge in [-0.25, -0.2) is 9.97 Å². The number of aryl methyl sites for hydroxylation is 1. The van der Waals surface area contributed by atoms with Crippen LogP contribution in [0, 0.1) is 6.92 Å². The molecule has 0 aliphatic carbocycles. The van der Waals surface area contributed by atoms with Gasteiger partial charge in [-0.2, -0.15) is 12.6 Å². The number of nitrogens with zero attached hydrogens (tertiary/aromatic N) is 2. The smallest absolute Gasteiger partial charge is 0.132 e. The van der Waals surface area contributed by atoms with Crippen molar-refractivity contribution in [3.63, 3.8) is 0 Å². The zero-order chi connectivity index (χ0) is 12.8. The molecule has 6 heteroatoms. The van der Waals surface area contributed by atoms with Crippen molar-refractivity contribution in [2.75, 3.05) is 22.9 Å². The standard InChI is InChI=1S/C12H17N5S/c1-9-16-11(14-5-6-18)7-12(17-9)15-8-10-3-2-4-13-10/h2-4,7,13,18H,5-6,8H2,1H3,(H2,14,15,16,17). The maximum absolute atomic E-state index is 4.35. The molecule has 18 heavy (non-hydrogen) atoms. The van der Waals surface area contributed by atoms with E-state index in [1.165, 1.54) is 0 Å².